The first-order valence-electron chi connectivity index (χ1n) is 4.99. The number of rotatable bonds is 8. The topological polar surface area (TPSA) is 17.1 Å². The molecule has 0 N–H and O–H groups in total. The first kappa shape index (κ1) is 13.2. The van der Waals surface area contributed by atoms with Gasteiger partial charge in [0.1, 0.15) is 0 Å². The highest BCUT2D eigenvalue weighted by Crippen LogP contribution is 2.11. The zero-order valence-corrected chi connectivity index (χ0v) is 9.70. The number of unbranched alkanes of at least 4 members (excludes halogenated alkanes) is 5. The fourth-order valence-corrected chi connectivity index (χ4v) is 1.41. The smallest absolute Gasteiger partial charge is 0.165 e. The lowest BCUT2D eigenvalue weighted by Gasteiger charge is -2.01. The first-order chi connectivity index (χ1) is 6.18. The first-order valence-corrected chi connectivity index (χ1v) is 5.86. The van der Waals surface area contributed by atoms with Crippen LogP contribution < -0.4 is 0 Å². The highest BCUT2D eigenvalue weighted by Gasteiger charge is 2.09. The van der Waals surface area contributed by atoms with Crippen molar-refractivity contribution in [2.24, 2.45) is 0 Å². The number of ketones is 1. The van der Waals surface area contributed by atoms with E-state index >= 15 is 0 Å². The third kappa shape index (κ3) is 8.58. The molecular formula is C10H18Cl2O. The van der Waals surface area contributed by atoms with E-state index in [1.165, 1.54) is 25.7 Å². The van der Waals surface area contributed by atoms with Crippen LogP contribution in [0.2, 0.25) is 0 Å². The summed E-state index contributed by atoms with van der Waals surface area (Å²) in [5.74, 6) is -0.0428. The summed E-state index contributed by atoms with van der Waals surface area (Å²) in [6, 6.07) is 0. The van der Waals surface area contributed by atoms with Crippen molar-refractivity contribution in [3.8, 4) is 0 Å². The van der Waals surface area contributed by atoms with Gasteiger partial charge in [0.05, 0.1) is 0 Å². The minimum Gasteiger partial charge on any atom is -0.297 e. The van der Waals surface area contributed by atoms with E-state index in [0.717, 1.165) is 12.8 Å². The highest BCUT2D eigenvalue weighted by molar-refractivity contribution is 6.53. The lowest BCUT2D eigenvalue weighted by Crippen LogP contribution is -2.06. The van der Waals surface area contributed by atoms with E-state index in [0.29, 0.717) is 6.42 Å². The number of carbonyl (C=O) groups is 1. The average Bonchev–Trinajstić information content (AvgIpc) is 2.10. The third-order valence-electron chi connectivity index (χ3n) is 2.02. The Balaban J connectivity index is 3.12. The molecule has 0 aromatic rings. The van der Waals surface area contributed by atoms with E-state index in [1.807, 2.05) is 0 Å². The fourth-order valence-electron chi connectivity index (χ4n) is 1.19. The fraction of sp³-hybridized carbons (Fsp3) is 0.900. The summed E-state index contributed by atoms with van der Waals surface area (Å²) in [7, 11) is 0. The number of carbonyl (C=O) groups excluding carboxylic acids is 1. The van der Waals surface area contributed by atoms with Crippen molar-refractivity contribution in [1.82, 2.24) is 0 Å². The molecule has 0 saturated carbocycles. The van der Waals surface area contributed by atoms with Crippen molar-refractivity contribution in [2.45, 2.75) is 56.7 Å². The Kier molecular flexibility index (Phi) is 9.00. The van der Waals surface area contributed by atoms with Gasteiger partial charge in [-0.2, -0.15) is 0 Å². The van der Waals surface area contributed by atoms with Crippen LogP contribution in [0.1, 0.15) is 51.9 Å². The molecular weight excluding hydrogens is 207 g/mol. The minimum atomic E-state index is -0.823. The maximum Gasteiger partial charge on any atom is 0.165 e. The molecule has 1 nitrogen and oxygen atoms in total. The van der Waals surface area contributed by atoms with Gasteiger partial charge in [-0.3, -0.25) is 4.79 Å². The Hall–Kier alpha value is 0.250. The van der Waals surface area contributed by atoms with Gasteiger partial charge in [-0.1, -0.05) is 62.2 Å². The summed E-state index contributed by atoms with van der Waals surface area (Å²) in [5.41, 5.74) is 0. The van der Waals surface area contributed by atoms with Crippen LogP contribution in [0, 0.1) is 0 Å². The molecule has 0 amide bonds. The predicted octanol–water partition coefficient (Wildman–Crippen LogP) is 4.11. The van der Waals surface area contributed by atoms with E-state index in [-0.39, 0.29) is 5.78 Å². The molecule has 0 saturated heterocycles. The molecule has 0 aliphatic carbocycles. The molecule has 0 radical (unpaired) electrons. The Morgan fingerprint density at radius 3 is 2.15 bits per heavy atom. The van der Waals surface area contributed by atoms with Gasteiger partial charge < -0.3 is 0 Å². The Morgan fingerprint density at radius 2 is 1.62 bits per heavy atom. The Morgan fingerprint density at radius 1 is 1.08 bits per heavy atom. The lowest BCUT2D eigenvalue weighted by molar-refractivity contribution is -0.117. The molecule has 0 aliphatic rings. The molecule has 13 heavy (non-hydrogen) atoms. The minimum absolute atomic E-state index is 0.0428. The standard InChI is InChI=1S/C10H18Cl2O/c1-2-3-4-5-6-7-8-9(13)10(11)12/h10H,2-8H2,1H3. The largest absolute Gasteiger partial charge is 0.297 e. The molecule has 0 fully saturated rings. The lowest BCUT2D eigenvalue weighted by atomic mass is 10.1. The van der Waals surface area contributed by atoms with Crippen molar-refractivity contribution in [1.29, 1.82) is 0 Å². The van der Waals surface area contributed by atoms with Gasteiger partial charge in [0.25, 0.3) is 0 Å². The number of alkyl halides is 2. The van der Waals surface area contributed by atoms with Crippen molar-refractivity contribution >= 4 is 29.0 Å². The van der Waals surface area contributed by atoms with Crippen LogP contribution in [0.15, 0.2) is 0 Å². The van der Waals surface area contributed by atoms with Crippen LogP contribution in [-0.4, -0.2) is 10.6 Å². The van der Waals surface area contributed by atoms with E-state index in [4.69, 9.17) is 23.2 Å². The van der Waals surface area contributed by atoms with Crippen LogP contribution in [0.4, 0.5) is 0 Å². The maximum absolute atomic E-state index is 11.0. The second-order valence-electron chi connectivity index (χ2n) is 3.28. The number of hydrogen-bond acceptors (Lipinski definition) is 1. The summed E-state index contributed by atoms with van der Waals surface area (Å²) in [4.78, 5) is 10.1. The number of hydrogen-bond donors (Lipinski definition) is 0. The third-order valence-corrected chi connectivity index (χ3v) is 2.51. The van der Waals surface area contributed by atoms with E-state index in [9.17, 15) is 4.79 Å². The van der Waals surface area contributed by atoms with Gasteiger partial charge in [-0.15, -0.1) is 0 Å². The average molecular weight is 225 g/mol. The second kappa shape index (κ2) is 8.83. The molecule has 0 rings (SSSR count). The van der Waals surface area contributed by atoms with E-state index < -0.39 is 4.84 Å². The van der Waals surface area contributed by atoms with Crippen molar-refractivity contribution in [3.05, 3.63) is 0 Å². The monoisotopic (exact) mass is 224 g/mol. The molecule has 0 heterocycles. The predicted molar refractivity (Wildman–Crippen MR) is 58.5 cm³/mol. The van der Waals surface area contributed by atoms with Gasteiger partial charge in [-0.25, -0.2) is 0 Å². The number of halogens is 2. The maximum atomic E-state index is 11.0. The zero-order valence-electron chi connectivity index (χ0n) is 8.19. The van der Waals surface area contributed by atoms with Crippen molar-refractivity contribution in [3.63, 3.8) is 0 Å². The van der Waals surface area contributed by atoms with Crippen LogP contribution in [-0.2, 0) is 4.79 Å². The van der Waals surface area contributed by atoms with Gasteiger partial charge in [0, 0.05) is 6.42 Å². The zero-order chi connectivity index (χ0) is 10.1. The molecule has 0 aromatic heterocycles. The molecule has 0 spiro atoms. The van der Waals surface area contributed by atoms with E-state index in [1.54, 1.807) is 0 Å². The number of Topliss-reactive ketones (excluding diaryl/α,β-unsaturated/α-hetero) is 1. The molecule has 0 aliphatic heterocycles. The normalized spacial score (nSPS) is 10.8. The summed E-state index contributed by atoms with van der Waals surface area (Å²) < 4.78 is 0. The van der Waals surface area contributed by atoms with Crippen LogP contribution in [0.25, 0.3) is 0 Å². The van der Waals surface area contributed by atoms with Crippen LogP contribution in [0.5, 0.6) is 0 Å². The SMILES string of the molecule is CCCCCCCCC(=O)C(Cl)Cl. The van der Waals surface area contributed by atoms with Crippen molar-refractivity contribution < 1.29 is 4.79 Å². The summed E-state index contributed by atoms with van der Waals surface area (Å²) in [6.07, 6.45) is 7.62. The summed E-state index contributed by atoms with van der Waals surface area (Å²) >= 11 is 10.8. The second-order valence-corrected chi connectivity index (χ2v) is 4.38. The molecule has 3 heteroatoms. The van der Waals surface area contributed by atoms with Gasteiger partial charge in [-0.05, 0) is 6.42 Å². The summed E-state index contributed by atoms with van der Waals surface area (Å²) in [5, 5.41) is 0. The van der Waals surface area contributed by atoms with E-state index in [2.05, 4.69) is 6.92 Å². The molecule has 0 aromatic carbocycles. The molecule has 0 atom stereocenters. The molecule has 78 valence electrons. The quantitative estimate of drug-likeness (QED) is 0.448. The van der Waals surface area contributed by atoms with Gasteiger partial charge >= 0.3 is 0 Å². The highest BCUT2D eigenvalue weighted by atomic mass is 35.5. The Labute approximate surface area is 90.8 Å². The summed E-state index contributed by atoms with van der Waals surface area (Å²) in [6.45, 7) is 2.19. The van der Waals surface area contributed by atoms with Crippen LogP contribution in [0.3, 0.4) is 0 Å². The Bertz CT molecular complexity index is 135. The van der Waals surface area contributed by atoms with Crippen molar-refractivity contribution in [2.75, 3.05) is 0 Å². The molecule has 0 unspecified atom stereocenters. The van der Waals surface area contributed by atoms with Gasteiger partial charge in [0.2, 0.25) is 0 Å². The van der Waals surface area contributed by atoms with Crippen LogP contribution >= 0.6 is 23.2 Å². The molecule has 0 bridgehead atoms. The van der Waals surface area contributed by atoms with Gasteiger partial charge in [0.15, 0.2) is 10.6 Å².